The van der Waals surface area contributed by atoms with E-state index in [-0.39, 0.29) is 17.9 Å². The molecule has 3 saturated heterocycles. The van der Waals surface area contributed by atoms with Gasteiger partial charge in [-0.1, -0.05) is 12.1 Å². The van der Waals surface area contributed by atoms with E-state index in [0.717, 1.165) is 19.3 Å². The molecule has 4 aliphatic rings. The van der Waals surface area contributed by atoms with Gasteiger partial charge in [-0.2, -0.15) is 0 Å². The van der Waals surface area contributed by atoms with Crippen molar-refractivity contribution in [3.05, 3.63) is 35.4 Å². The molecule has 1 aromatic rings. The third kappa shape index (κ3) is 4.40. The summed E-state index contributed by atoms with van der Waals surface area (Å²) in [5.74, 6) is -0.995. The molecule has 0 unspecified atom stereocenters. The predicted molar refractivity (Wildman–Crippen MR) is 108 cm³/mol. The van der Waals surface area contributed by atoms with Crippen LogP contribution in [0.2, 0.25) is 0 Å². The number of aliphatic carboxylic acids is 1. The Morgan fingerprint density at radius 1 is 1.00 bits per heavy atom. The predicted octanol–water partition coefficient (Wildman–Crippen LogP) is 3.48. The highest BCUT2D eigenvalue weighted by Crippen LogP contribution is 2.43. The maximum Gasteiger partial charge on any atom is 0.306 e. The van der Waals surface area contributed by atoms with Crippen LogP contribution in [-0.2, 0) is 11.2 Å². The number of benzene rings is 1. The van der Waals surface area contributed by atoms with E-state index >= 15 is 0 Å². The summed E-state index contributed by atoms with van der Waals surface area (Å²) in [6.45, 7) is 3.81. The number of carboxylic acid groups (broad SMARTS) is 1. The Morgan fingerprint density at radius 3 is 2.18 bits per heavy atom. The van der Waals surface area contributed by atoms with Gasteiger partial charge in [0.15, 0.2) is 0 Å². The van der Waals surface area contributed by atoms with E-state index in [1.165, 1.54) is 50.9 Å². The lowest BCUT2D eigenvalue weighted by Gasteiger charge is -2.48. The molecule has 4 fully saturated rings. The zero-order chi connectivity index (χ0) is 19.6. The third-order valence-electron chi connectivity index (χ3n) is 7.45. The number of piperidine rings is 3. The summed E-state index contributed by atoms with van der Waals surface area (Å²) in [6.07, 6.45) is 9.20. The first-order valence-corrected chi connectivity index (χ1v) is 10.9. The Balaban J connectivity index is 1.26. The lowest BCUT2D eigenvalue weighted by Crippen LogP contribution is -2.48. The molecule has 1 aliphatic carbocycles. The summed E-state index contributed by atoms with van der Waals surface area (Å²) < 4.78 is 0. The molecular weight excluding hydrogens is 352 g/mol. The number of nitrogens with zero attached hydrogens (tertiary/aromatic N) is 1. The van der Waals surface area contributed by atoms with Crippen LogP contribution >= 0.6 is 0 Å². The van der Waals surface area contributed by atoms with Gasteiger partial charge in [0, 0.05) is 11.6 Å². The molecule has 0 spiro atoms. The number of amides is 1. The maximum atomic E-state index is 12.5. The van der Waals surface area contributed by atoms with Crippen LogP contribution in [0.1, 0.15) is 67.3 Å². The van der Waals surface area contributed by atoms with Gasteiger partial charge in [-0.05, 0) is 101 Å². The summed E-state index contributed by atoms with van der Waals surface area (Å²) in [5, 5.41) is 12.2. The average Bonchev–Trinajstić information content (AvgIpc) is 2.74. The second-order valence-corrected chi connectivity index (χ2v) is 9.15. The molecule has 28 heavy (non-hydrogen) atoms. The molecule has 1 saturated carbocycles. The quantitative estimate of drug-likeness (QED) is 0.788. The minimum Gasteiger partial charge on any atom is -0.481 e. The normalized spacial score (nSPS) is 32.1. The highest BCUT2D eigenvalue weighted by atomic mass is 16.4. The SMILES string of the molecule is O=C(NC1CCC(C(=O)O)CC1)c1ccc(CCC23CCN(CC2)CC3)cc1. The summed E-state index contributed by atoms with van der Waals surface area (Å²) in [4.78, 5) is 26.1. The van der Waals surface area contributed by atoms with Gasteiger partial charge in [0.1, 0.15) is 0 Å². The van der Waals surface area contributed by atoms with Gasteiger partial charge in [-0.3, -0.25) is 9.59 Å². The second-order valence-electron chi connectivity index (χ2n) is 9.15. The maximum absolute atomic E-state index is 12.5. The van der Waals surface area contributed by atoms with E-state index in [9.17, 15) is 9.59 Å². The lowest BCUT2D eigenvalue weighted by atomic mass is 9.69. The lowest BCUT2D eigenvalue weighted by molar-refractivity contribution is -0.142. The molecule has 1 aromatic carbocycles. The van der Waals surface area contributed by atoms with Crippen LogP contribution in [0, 0.1) is 11.3 Å². The fraction of sp³-hybridized carbons (Fsp3) is 0.652. The first kappa shape index (κ1) is 19.4. The number of rotatable bonds is 6. The van der Waals surface area contributed by atoms with Gasteiger partial charge < -0.3 is 15.3 Å². The molecule has 5 heteroatoms. The number of fused-ring (bicyclic) bond motifs is 3. The Hall–Kier alpha value is -1.88. The zero-order valence-corrected chi connectivity index (χ0v) is 16.7. The Morgan fingerprint density at radius 2 is 1.61 bits per heavy atom. The van der Waals surface area contributed by atoms with Crippen LogP contribution in [-0.4, -0.2) is 47.6 Å². The van der Waals surface area contributed by atoms with Crippen molar-refractivity contribution in [1.29, 1.82) is 0 Å². The summed E-state index contributed by atoms with van der Waals surface area (Å²) in [5.41, 5.74) is 2.58. The molecule has 2 bridgehead atoms. The van der Waals surface area contributed by atoms with E-state index in [4.69, 9.17) is 5.11 Å². The van der Waals surface area contributed by atoms with Crippen LogP contribution in [0.15, 0.2) is 24.3 Å². The summed E-state index contributed by atoms with van der Waals surface area (Å²) >= 11 is 0. The van der Waals surface area contributed by atoms with E-state index in [1.54, 1.807) is 0 Å². The highest BCUT2D eigenvalue weighted by molar-refractivity contribution is 5.94. The number of aryl methyl sites for hydroxylation is 1. The minimum absolute atomic E-state index is 0.0384. The topological polar surface area (TPSA) is 69.6 Å². The van der Waals surface area contributed by atoms with Crippen molar-refractivity contribution >= 4 is 11.9 Å². The number of nitrogens with one attached hydrogen (secondary N) is 1. The molecule has 5 rings (SSSR count). The summed E-state index contributed by atoms with van der Waals surface area (Å²) in [7, 11) is 0. The van der Waals surface area contributed by atoms with Crippen LogP contribution in [0.5, 0.6) is 0 Å². The first-order valence-electron chi connectivity index (χ1n) is 10.9. The molecule has 152 valence electrons. The van der Waals surface area contributed by atoms with Crippen molar-refractivity contribution in [2.24, 2.45) is 11.3 Å². The standard InChI is InChI=1S/C23H32N2O3/c26-21(24-20-7-5-19(6-8-20)22(27)28)18-3-1-17(2-4-18)9-10-23-11-14-25(15-12-23)16-13-23/h1-4,19-20H,5-16H2,(H,24,26)(H,27,28). The van der Waals surface area contributed by atoms with Crippen molar-refractivity contribution in [2.45, 2.75) is 63.8 Å². The molecule has 2 N–H and O–H groups in total. The fourth-order valence-corrected chi connectivity index (χ4v) is 5.26. The third-order valence-corrected chi connectivity index (χ3v) is 7.45. The number of hydrogen-bond acceptors (Lipinski definition) is 3. The highest BCUT2D eigenvalue weighted by Gasteiger charge is 2.38. The van der Waals surface area contributed by atoms with E-state index in [1.807, 2.05) is 12.1 Å². The van der Waals surface area contributed by atoms with Gasteiger partial charge in [0.05, 0.1) is 5.92 Å². The van der Waals surface area contributed by atoms with Crippen molar-refractivity contribution in [2.75, 3.05) is 19.6 Å². The van der Waals surface area contributed by atoms with Crippen LogP contribution < -0.4 is 5.32 Å². The molecule has 0 atom stereocenters. The minimum atomic E-state index is -0.710. The Labute approximate surface area is 167 Å². The van der Waals surface area contributed by atoms with Crippen molar-refractivity contribution in [1.82, 2.24) is 10.2 Å². The van der Waals surface area contributed by atoms with Crippen molar-refractivity contribution in [3.8, 4) is 0 Å². The number of carboxylic acids is 1. The van der Waals surface area contributed by atoms with Gasteiger partial charge >= 0.3 is 5.97 Å². The zero-order valence-electron chi connectivity index (χ0n) is 16.7. The van der Waals surface area contributed by atoms with Crippen molar-refractivity contribution < 1.29 is 14.7 Å². The van der Waals surface area contributed by atoms with Gasteiger partial charge in [-0.25, -0.2) is 0 Å². The molecule has 3 aliphatic heterocycles. The van der Waals surface area contributed by atoms with Crippen LogP contribution in [0.3, 0.4) is 0 Å². The van der Waals surface area contributed by atoms with Crippen LogP contribution in [0.25, 0.3) is 0 Å². The Bertz CT molecular complexity index is 685. The largest absolute Gasteiger partial charge is 0.481 e. The smallest absolute Gasteiger partial charge is 0.306 e. The van der Waals surface area contributed by atoms with E-state index < -0.39 is 5.97 Å². The van der Waals surface area contributed by atoms with Gasteiger partial charge in [0.25, 0.3) is 5.91 Å². The Kier molecular flexibility index (Phi) is 5.72. The number of carbonyl (C=O) groups excluding carboxylic acids is 1. The number of carbonyl (C=O) groups is 2. The van der Waals surface area contributed by atoms with Crippen molar-refractivity contribution in [3.63, 3.8) is 0 Å². The molecular formula is C23H32N2O3. The molecule has 1 amide bonds. The van der Waals surface area contributed by atoms with Gasteiger partial charge in [-0.15, -0.1) is 0 Å². The molecule has 5 nitrogen and oxygen atoms in total. The molecule has 3 heterocycles. The van der Waals surface area contributed by atoms with E-state index in [2.05, 4.69) is 22.3 Å². The monoisotopic (exact) mass is 384 g/mol. The second kappa shape index (κ2) is 8.24. The van der Waals surface area contributed by atoms with Crippen LogP contribution in [0.4, 0.5) is 0 Å². The summed E-state index contributed by atoms with van der Waals surface area (Å²) in [6, 6.07) is 8.18. The number of hydrogen-bond donors (Lipinski definition) is 2. The average molecular weight is 385 g/mol. The molecule has 0 aromatic heterocycles. The van der Waals surface area contributed by atoms with E-state index in [0.29, 0.717) is 23.8 Å². The first-order chi connectivity index (χ1) is 13.5. The molecule has 0 radical (unpaired) electrons. The van der Waals surface area contributed by atoms with Gasteiger partial charge in [0.2, 0.25) is 0 Å². The fourth-order valence-electron chi connectivity index (χ4n) is 5.26.